The van der Waals surface area contributed by atoms with Gasteiger partial charge in [-0.1, -0.05) is 6.07 Å². The molecule has 0 aliphatic rings. The van der Waals surface area contributed by atoms with Crippen LogP contribution in [-0.4, -0.2) is 37.7 Å². The number of rotatable bonds is 7. The van der Waals surface area contributed by atoms with Gasteiger partial charge in [-0.05, 0) is 12.1 Å². The molecule has 0 unspecified atom stereocenters. The first-order valence-electron chi connectivity index (χ1n) is 5.19. The van der Waals surface area contributed by atoms with Gasteiger partial charge in [-0.3, -0.25) is 9.78 Å². The quantitative estimate of drug-likeness (QED) is 0.635. The lowest BCUT2D eigenvalue weighted by molar-refractivity contribution is -0.120. The number of ether oxygens (including phenoxy) is 1. The van der Waals surface area contributed by atoms with Crippen LogP contribution in [0.4, 0.5) is 0 Å². The second-order valence-electron chi connectivity index (χ2n) is 3.27. The van der Waals surface area contributed by atoms with Crippen LogP contribution in [0.1, 0.15) is 5.69 Å². The van der Waals surface area contributed by atoms with Gasteiger partial charge in [0.05, 0.1) is 18.8 Å². The zero-order valence-electron chi connectivity index (χ0n) is 9.40. The van der Waals surface area contributed by atoms with E-state index in [1.54, 1.807) is 13.3 Å². The molecule has 5 nitrogen and oxygen atoms in total. The lowest BCUT2D eigenvalue weighted by Crippen LogP contribution is -2.35. The minimum absolute atomic E-state index is 0.0343. The minimum Gasteiger partial charge on any atom is -0.383 e. The van der Waals surface area contributed by atoms with Crippen LogP contribution < -0.4 is 10.6 Å². The van der Waals surface area contributed by atoms with Crippen LogP contribution in [0.25, 0.3) is 0 Å². The Hall–Kier alpha value is -1.46. The van der Waals surface area contributed by atoms with E-state index >= 15 is 0 Å². The number of methoxy groups -OCH3 is 1. The van der Waals surface area contributed by atoms with Crippen molar-refractivity contribution in [3.05, 3.63) is 30.1 Å². The molecule has 0 saturated heterocycles. The van der Waals surface area contributed by atoms with Crippen molar-refractivity contribution < 1.29 is 9.53 Å². The summed E-state index contributed by atoms with van der Waals surface area (Å²) in [6, 6.07) is 5.69. The number of carbonyl (C=O) groups is 1. The normalized spacial score (nSPS) is 10.1. The van der Waals surface area contributed by atoms with E-state index in [-0.39, 0.29) is 5.91 Å². The summed E-state index contributed by atoms with van der Waals surface area (Å²) in [7, 11) is 1.60. The van der Waals surface area contributed by atoms with E-state index in [0.717, 1.165) is 5.69 Å². The summed E-state index contributed by atoms with van der Waals surface area (Å²) in [5, 5.41) is 5.74. The van der Waals surface area contributed by atoms with Gasteiger partial charge in [-0.25, -0.2) is 0 Å². The van der Waals surface area contributed by atoms with Gasteiger partial charge in [-0.2, -0.15) is 0 Å². The molecule has 0 aliphatic heterocycles. The lowest BCUT2D eigenvalue weighted by atomic mass is 10.3. The van der Waals surface area contributed by atoms with E-state index in [9.17, 15) is 4.79 Å². The van der Waals surface area contributed by atoms with Gasteiger partial charge < -0.3 is 15.4 Å². The maximum atomic E-state index is 11.3. The second-order valence-corrected chi connectivity index (χ2v) is 3.27. The number of nitrogens with one attached hydrogen (secondary N) is 2. The molecule has 1 aromatic heterocycles. The SMILES string of the molecule is COCCNC(=O)CNCc1ccccn1. The summed E-state index contributed by atoms with van der Waals surface area (Å²) in [5.74, 6) is -0.0343. The zero-order chi connectivity index (χ0) is 11.6. The van der Waals surface area contributed by atoms with Crippen LogP contribution >= 0.6 is 0 Å². The number of amides is 1. The summed E-state index contributed by atoms with van der Waals surface area (Å²) in [5.41, 5.74) is 0.923. The summed E-state index contributed by atoms with van der Waals surface area (Å²) < 4.78 is 4.82. The average molecular weight is 223 g/mol. The fraction of sp³-hybridized carbons (Fsp3) is 0.455. The van der Waals surface area contributed by atoms with E-state index in [0.29, 0.717) is 26.2 Å². The Morgan fingerprint density at radius 1 is 1.50 bits per heavy atom. The molecule has 88 valence electrons. The third-order valence-electron chi connectivity index (χ3n) is 1.95. The molecule has 0 fully saturated rings. The standard InChI is InChI=1S/C11H17N3O2/c1-16-7-6-14-11(15)9-12-8-10-4-2-3-5-13-10/h2-5,12H,6-9H2,1H3,(H,14,15). The Bertz CT molecular complexity index is 303. The van der Waals surface area contributed by atoms with Crippen molar-refractivity contribution in [2.45, 2.75) is 6.54 Å². The van der Waals surface area contributed by atoms with Crippen molar-refractivity contribution in [3.8, 4) is 0 Å². The van der Waals surface area contributed by atoms with Gasteiger partial charge >= 0.3 is 0 Å². The summed E-state index contributed by atoms with van der Waals surface area (Å²) in [6.45, 7) is 1.96. The highest BCUT2D eigenvalue weighted by Gasteiger charge is 1.99. The summed E-state index contributed by atoms with van der Waals surface area (Å²) in [4.78, 5) is 15.4. The highest BCUT2D eigenvalue weighted by atomic mass is 16.5. The number of carbonyl (C=O) groups excluding carboxylic acids is 1. The molecule has 1 aromatic rings. The van der Waals surface area contributed by atoms with Crippen molar-refractivity contribution in [3.63, 3.8) is 0 Å². The molecule has 0 aromatic carbocycles. The van der Waals surface area contributed by atoms with Crippen LogP contribution in [0.15, 0.2) is 24.4 Å². The number of nitrogens with zero attached hydrogens (tertiary/aromatic N) is 1. The molecule has 1 heterocycles. The van der Waals surface area contributed by atoms with Crippen molar-refractivity contribution in [1.29, 1.82) is 0 Å². The van der Waals surface area contributed by atoms with Gasteiger partial charge in [0.2, 0.25) is 5.91 Å². The molecule has 2 N–H and O–H groups in total. The van der Waals surface area contributed by atoms with Crippen LogP contribution in [0.3, 0.4) is 0 Å². The molecule has 1 amide bonds. The molecular formula is C11H17N3O2. The minimum atomic E-state index is -0.0343. The van der Waals surface area contributed by atoms with Crippen molar-refractivity contribution >= 4 is 5.91 Å². The second kappa shape index (κ2) is 7.78. The molecule has 1 rings (SSSR count). The predicted molar refractivity (Wildman–Crippen MR) is 60.8 cm³/mol. The first-order chi connectivity index (χ1) is 7.83. The van der Waals surface area contributed by atoms with E-state index in [2.05, 4.69) is 15.6 Å². The molecule has 0 aliphatic carbocycles. The van der Waals surface area contributed by atoms with Crippen LogP contribution in [0.5, 0.6) is 0 Å². The smallest absolute Gasteiger partial charge is 0.234 e. The molecule has 0 atom stereocenters. The first kappa shape index (κ1) is 12.6. The fourth-order valence-corrected chi connectivity index (χ4v) is 1.16. The van der Waals surface area contributed by atoms with E-state index in [1.165, 1.54) is 0 Å². The molecule has 0 spiro atoms. The van der Waals surface area contributed by atoms with Gasteiger partial charge in [0.25, 0.3) is 0 Å². The fourth-order valence-electron chi connectivity index (χ4n) is 1.16. The Morgan fingerprint density at radius 3 is 3.06 bits per heavy atom. The van der Waals surface area contributed by atoms with Gasteiger partial charge in [0.1, 0.15) is 0 Å². The Labute approximate surface area is 95.2 Å². The topological polar surface area (TPSA) is 63.2 Å². The average Bonchev–Trinajstić information content (AvgIpc) is 2.31. The third-order valence-corrected chi connectivity index (χ3v) is 1.95. The lowest BCUT2D eigenvalue weighted by Gasteiger charge is -2.05. The molecular weight excluding hydrogens is 206 g/mol. The molecule has 16 heavy (non-hydrogen) atoms. The van der Waals surface area contributed by atoms with E-state index in [1.807, 2.05) is 18.2 Å². The zero-order valence-corrected chi connectivity index (χ0v) is 9.40. The largest absolute Gasteiger partial charge is 0.383 e. The van der Waals surface area contributed by atoms with Crippen LogP contribution in [-0.2, 0) is 16.1 Å². The molecule has 5 heteroatoms. The van der Waals surface area contributed by atoms with E-state index < -0.39 is 0 Å². The maximum Gasteiger partial charge on any atom is 0.234 e. The highest BCUT2D eigenvalue weighted by molar-refractivity contribution is 5.77. The number of aromatic nitrogens is 1. The van der Waals surface area contributed by atoms with Crippen molar-refractivity contribution in [2.75, 3.05) is 26.8 Å². The molecule has 0 saturated carbocycles. The Morgan fingerprint density at radius 2 is 2.38 bits per heavy atom. The summed E-state index contributed by atoms with van der Waals surface area (Å²) in [6.07, 6.45) is 1.73. The van der Waals surface area contributed by atoms with Crippen molar-refractivity contribution in [1.82, 2.24) is 15.6 Å². The number of hydrogen-bond donors (Lipinski definition) is 2. The van der Waals surface area contributed by atoms with Crippen LogP contribution in [0.2, 0.25) is 0 Å². The van der Waals surface area contributed by atoms with Gasteiger partial charge in [-0.15, -0.1) is 0 Å². The monoisotopic (exact) mass is 223 g/mol. The van der Waals surface area contributed by atoms with Crippen molar-refractivity contribution in [2.24, 2.45) is 0 Å². The third kappa shape index (κ3) is 5.43. The predicted octanol–water partition coefficient (Wildman–Crippen LogP) is -0.0662. The Kier molecular flexibility index (Phi) is 6.13. The maximum absolute atomic E-state index is 11.3. The number of pyridine rings is 1. The molecule has 0 radical (unpaired) electrons. The van der Waals surface area contributed by atoms with Gasteiger partial charge in [0.15, 0.2) is 0 Å². The summed E-state index contributed by atoms with van der Waals surface area (Å²) >= 11 is 0. The highest BCUT2D eigenvalue weighted by Crippen LogP contribution is 1.90. The van der Waals surface area contributed by atoms with Crippen LogP contribution in [0, 0.1) is 0 Å². The Balaban J connectivity index is 2.09. The van der Waals surface area contributed by atoms with Gasteiger partial charge in [0, 0.05) is 26.4 Å². The number of hydrogen-bond acceptors (Lipinski definition) is 4. The van der Waals surface area contributed by atoms with E-state index in [4.69, 9.17) is 4.74 Å². The first-order valence-corrected chi connectivity index (χ1v) is 5.19. The molecule has 0 bridgehead atoms.